The van der Waals surface area contributed by atoms with Crippen molar-refractivity contribution in [1.29, 1.82) is 0 Å². The maximum absolute atomic E-state index is 14.3. The average Bonchev–Trinajstić information content (AvgIpc) is 2.82. The third-order valence-corrected chi connectivity index (χ3v) is 6.14. The fraction of sp³-hybridized carbons (Fsp3) is 0.667. The number of phenolic OH excluding ortho intramolecular Hbond substituents is 1. The Bertz CT molecular complexity index is 988. The van der Waals surface area contributed by atoms with Crippen molar-refractivity contribution in [1.82, 2.24) is 15.5 Å². The Morgan fingerprint density at radius 3 is 2.20 bits per heavy atom. The molecule has 10 nitrogen and oxygen atoms in total. The molecular weight excluding hydrogens is 514 g/mol. The second kappa shape index (κ2) is 16.1. The Hall–Kier alpha value is -3.30. The van der Waals surface area contributed by atoms with E-state index in [1.807, 2.05) is 6.92 Å². The minimum absolute atomic E-state index is 0.0131. The van der Waals surface area contributed by atoms with Crippen molar-refractivity contribution >= 4 is 23.9 Å². The number of amides is 3. The minimum Gasteiger partial charge on any atom is -0.508 e. The second-order valence-electron chi connectivity index (χ2n) is 11.8. The SMILES string of the molecule is CCOC(=O)CCNC(=O)C(c1cccc(O)c1)N(C(=O)C(NC(=O)OC(C)(C)C)C(C)C)C(C)CCC(C)C. The molecule has 0 heterocycles. The molecule has 0 aliphatic heterocycles. The predicted molar refractivity (Wildman–Crippen MR) is 153 cm³/mol. The lowest BCUT2D eigenvalue weighted by molar-refractivity contribution is -0.146. The molecule has 1 aromatic rings. The van der Waals surface area contributed by atoms with Crippen molar-refractivity contribution in [2.24, 2.45) is 11.8 Å². The molecule has 3 atom stereocenters. The van der Waals surface area contributed by atoms with Crippen LogP contribution in [0.15, 0.2) is 24.3 Å². The summed E-state index contributed by atoms with van der Waals surface area (Å²) in [5.74, 6) is -1.44. The molecule has 40 heavy (non-hydrogen) atoms. The van der Waals surface area contributed by atoms with E-state index < -0.39 is 47.6 Å². The summed E-state index contributed by atoms with van der Waals surface area (Å²) in [5, 5.41) is 15.7. The molecule has 226 valence electrons. The number of esters is 1. The molecule has 1 aromatic carbocycles. The Morgan fingerprint density at radius 2 is 1.68 bits per heavy atom. The normalized spacial score (nSPS) is 13.8. The Kier molecular flexibility index (Phi) is 14.0. The number of hydrogen-bond acceptors (Lipinski definition) is 7. The van der Waals surface area contributed by atoms with Crippen LogP contribution < -0.4 is 10.6 Å². The van der Waals surface area contributed by atoms with Crippen LogP contribution in [0.2, 0.25) is 0 Å². The van der Waals surface area contributed by atoms with Gasteiger partial charge in [0.2, 0.25) is 11.8 Å². The van der Waals surface area contributed by atoms with Gasteiger partial charge in [-0.25, -0.2) is 4.79 Å². The third-order valence-electron chi connectivity index (χ3n) is 6.14. The van der Waals surface area contributed by atoms with E-state index in [0.29, 0.717) is 17.9 Å². The van der Waals surface area contributed by atoms with Crippen molar-refractivity contribution in [3.63, 3.8) is 0 Å². The molecule has 0 saturated carbocycles. The van der Waals surface area contributed by atoms with Crippen molar-refractivity contribution in [3.8, 4) is 5.75 Å². The van der Waals surface area contributed by atoms with Crippen LogP contribution in [0.5, 0.6) is 5.75 Å². The molecule has 0 fully saturated rings. The van der Waals surface area contributed by atoms with E-state index in [9.17, 15) is 24.3 Å². The molecule has 0 saturated heterocycles. The molecule has 0 aliphatic carbocycles. The molecule has 0 radical (unpaired) electrons. The van der Waals surface area contributed by atoms with Gasteiger partial charge in [0.15, 0.2) is 0 Å². The highest BCUT2D eigenvalue weighted by atomic mass is 16.6. The maximum Gasteiger partial charge on any atom is 0.408 e. The first-order chi connectivity index (χ1) is 18.6. The summed E-state index contributed by atoms with van der Waals surface area (Å²) in [5.41, 5.74) is -0.361. The standard InChI is InChI=1S/C30H49N3O7/c1-10-39-24(35)16-17-31-27(36)26(22-12-11-13-23(34)18-22)33(21(6)15-14-19(2)3)28(37)25(20(4)5)32-29(38)40-30(7,8)9/h11-13,18-21,25-26,34H,10,14-17H2,1-9H3,(H,31,36)(H,32,38). The van der Waals surface area contributed by atoms with Gasteiger partial charge in [0, 0.05) is 12.6 Å². The van der Waals surface area contributed by atoms with Crippen LogP contribution in [0.3, 0.4) is 0 Å². The van der Waals surface area contributed by atoms with Crippen LogP contribution in [-0.2, 0) is 23.9 Å². The summed E-state index contributed by atoms with van der Waals surface area (Å²) in [7, 11) is 0. The number of nitrogens with one attached hydrogen (secondary N) is 2. The lowest BCUT2D eigenvalue weighted by atomic mass is 9.95. The number of rotatable bonds is 14. The van der Waals surface area contributed by atoms with Gasteiger partial charge in [-0.2, -0.15) is 0 Å². The highest BCUT2D eigenvalue weighted by Crippen LogP contribution is 2.30. The first kappa shape index (κ1) is 34.7. The van der Waals surface area contributed by atoms with E-state index >= 15 is 0 Å². The third kappa shape index (κ3) is 11.8. The molecule has 0 bridgehead atoms. The highest BCUT2D eigenvalue weighted by molar-refractivity contribution is 5.92. The van der Waals surface area contributed by atoms with Crippen LogP contribution in [0.4, 0.5) is 4.79 Å². The summed E-state index contributed by atoms with van der Waals surface area (Å²) >= 11 is 0. The number of aromatic hydroxyl groups is 1. The zero-order chi connectivity index (χ0) is 30.6. The minimum atomic E-state index is -1.13. The summed E-state index contributed by atoms with van der Waals surface area (Å²) < 4.78 is 10.4. The number of hydrogen-bond donors (Lipinski definition) is 3. The second-order valence-corrected chi connectivity index (χ2v) is 11.8. The van der Waals surface area contributed by atoms with Gasteiger partial charge < -0.3 is 30.1 Å². The summed E-state index contributed by atoms with van der Waals surface area (Å²) in [6.45, 7) is 16.8. The largest absolute Gasteiger partial charge is 0.508 e. The van der Waals surface area contributed by atoms with E-state index in [4.69, 9.17) is 9.47 Å². The number of carbonyl (C=O) groups excluding carboxylic acids is 4. The number of ether oxygens (including phenoxy) is 2. The van der Waals surface area contributed by atoms with Gasteiger partial charge in [0.25, 0.3) is 0 Å². The maximum atomic E-state index is 14.3. The lowest BCUT2D eigenvalue weighted by Crippen LogP contribution is -2.57. The van der Waals surface area contributed by atoms with E-state index in [1.54, 1.807) is 53.7 Å². The molecule has 3 unspecified atom stereocenters. The van der Waals surface area contributed by atoms with Gasteiger partial charge in [-0.15, -0.1) is 0 Å². The van der Waals surface area contributed by atoms with Crippen LogP contribution in [0.25, 0.3) is 0 Å². The van der Waals surface area contributed by atoms with Crippen molar-refractivity contribution < 1.29 is 33.8 Å². The quantitative estimate of drug-likeness (QED) is 0.279. The van der Waals surface area contributed by atoms with E-state index in [2.05, 4.69) is 24.5 Å². The van der Waals surface area contributed by atoms with E-state index in [1.165, 1.54) is 17.0 Å². The van der Waals surface area contributed by atoms with Gasteiger partial charge in [-0.1, -0.05) is 39.8 Å². The topological polar surface area (TPSA) is 134 Å². The van der Waals surface area contributed by atoms with Crippen molar-refractivity contribution in [3.05, 3.63) is 29.8 Å². The van der Waals surface area contributed by atoms with Crippen molar-refractivity contribution in [2.75, 3.05) is 13.2 Å². The predicted octanol–water partition coefficient (Wildman–Crippen LogP) is 4.71. The number of phenols is 1. The Labute approximate surface area is 239 Å². The molecule has 3 N–H and O–H groups in total. The molecule has 0 aromatic heterocycles. The molecule has 1 rings (SSSR count). The fourth-order valence-corrected chi connectivity index (χ4v) is 4.17. The first-order valence-electron chi connectivity index (χ1n) is 14.1. The monoisotopic (exact) mass is 563 g/mol. The van der Waals surface area contributed by atoms with Crippen LogP contribution in [0, 0.1) is 11.8 Å². The Balaban J connectivity index is 3.53. The zero-order valence-corrected chi connectivity index (χ0v) is 25.6. The highest BCUT2D eigenvalue weighted by Gasteiger charge is 2.40. The van der Waals surface area contributed by atoms with Crippen LogP contribution in [0.1, 0.15) is 93.2 Å². The van der Waals surface area contributed by atoms with E-state index in [0.717, 1.165) is 6.42 Å². The molecule has 10 heteroatoms. The molecule has 0 spiro atoms. The summed E-state index contributed by atoms with van der Waals surface area (Å²) in [6, 6.07) is 3.67. The molecule has 0 aliphatic rings. The van der Waals surface area contributed by atoms with Gasteiger partial charge in [0.1, 0.15) is 23.4 Å². The lowest BCUT2D eigenvalue weighted by Gasteiger charge is -2.39. The average molecular weight is 564 g/mol. The van der Waals surface area contributed by atoms with Crippen LogP contribution in [-0.4, -0.2) is 64.7 Å². The van der Waals surface area contributed by atoms with Gasteiger partial charge in [-0.05, 0) is 77.0 Å². The van der Waals surface area contributed by atoms with Gasteiger partial charge in [-0.3, -0.25) is 14.4 Å². The smallest absolute Gasteiger partial charge is 0.408 e. The van der Waals surface area contributed by atoms with Gasteiger partial charge in [0.05, 0.1) is 13.0 Å². The van der Waals surface area contributed by atoms with Crippen LogP contribution >= 0.6 is 0 Å². The van der Waals surface area contributed by atoms with Crippen molar-refractivity contribution in [2.45, 2.75) is 105 Å². The number of nitrogens with zero attached hydrogens (tertiary/aromatic N) is 1. The molecule has 3 amide bonds. The number of benzene rings is 1. The zero-order valence-electron chi connectivity index (χ0n) is 25.6. The first-order valence-corrected chi connectivity index (χ1v) is 14.1. The van der Waals surface area contributed by atoms with Gasteiger partial charge >= 0.3 is 12.1 Å². The number of alkyl carbamates (subject to hydrolysis) is 1. The fourth-order valence-electron chi connectivity index (χ4n) is 4.17. The van der Waals surface area contributed by atoms with E-state index in [-0.39, 0.29) is 31.2 Å². The molecular formula is C30H49N3O7. The Morgan fingerprint density at radius 1 is 1.02 bits per heavy atom. The summed E-state index contributed by atoms with van der Waals surface area (Å²) in [6.07, 6.45) is 0.639. The summed E-state index contributed by atoms with van der Waals surface area (Å²) in [4.78, 5) is 54.1. The number of carbonyl (C=O) groups is 4.